The van der Waals surface area contributed by atoms with Crippen LogP contribution in [0.25, 0.3) is 6.08 Å². The van der Waals surface area contributed by atoms with E-state index in [2.05, 4.69) is 15.2 Å². The SMILES string of the molecule is CC(C)(n1cccn1)C(O)(C=Cc1ccc(Cl)cc1)Cn1cncn1. The fraction of sp³-hybridized carbons (Fsp3) is 0.278. The normalized spacial score (nSPS) is 14.7. The van der Waals surface area contributed by atoms with Gasteiger partial charge in [-0.05, 0) is 43.7 Å². The second kappa shape index (κ2) is 6.82. The quantitative estimate of drug-likeness (QED) is 0.736. The first-order chi connectivity index (χ1) is 11.9. The molecule has 3 aromatic rings. The van der Waals surface area contributed by atoms with Gasteiger partial charge in [-0.3, -0.25) is 4.68 Å². The van der Waals surface area contributed by atoms with Crippen molar-refractivity contribution in [3.63, 3.8) is 0 Å². The molecule has 0 bridgehead atoms. The van der Waals surface area contributed by atoms with Crippen LogP contribution >= 0.6 is 11.6 Å². The molecule has 0 saturated carbocycles. The Balaban J connectivity index is 1.98. The molecule has 0 fully saturated rings. The molecule has 0 amide bonds. The van der Waals surface area contributed by atoms with Crippen LogP contribution in [0.3, 0.4) is 0 Å². The van der Waals surface area contributed by atoms with Gasteiger partial charge in [0.15, 0.2) is 0 Å². The zero-order chi connectivity index (χ0) is 17.9. The maximum Gasteiger partial charge on any atom is 0.137 e. The Hall–Kier alpha value is -2.44. The lowest BCUT2D eigenvalue weighted by Crippen LogP contribution is -2.53. The molecule has 0 aliphatic carbocycles. The standard InChI is InChI=1S/C18H20ClN5O/c1-17(2,24-11-3-10-21-24)18(25,12-23-14-20-13-22-23)9-8-15-4-6-16(19)7-5-15/h3-11,13-14,25H,12H2,1-2H3. The van der Waals surface area contributed by atoms with E-state index in [1.807, 2.05) is 56.5 Å². The fourth-order valence-corrected chi connectivity index (χ4v) is 2.74. The van der Waals surface area contributed by atoms with E-state index in [1.54, 1.807) is 28.0 Å². The van der Waals surface area contributed by atoms with Crippen molar-refractivity contribution in [2.75, 3.05) is 0 Å². The highest BCUT2D eigenvalue weighted by molar-refractivity contribution is 6.30. The lowest BCUT2D eigenvalue weighted by atomic mass is 9.81. The minimum absolute atomic E-state index is 0.240. The molecule has 1 aromatic carbocycles. The number of benzene rings is 1. The molecule has 1 atom stereocenters. The first-order valence-corrected chi connectivity index (χ1v) is 8.28. The van der Waals surface area contributed by atoms with Crippen LogP contribution in [0, 0.1) is 0 Å². The summed E-state index contributed by atoms with van der Waals surface area (Å²) in [5, 5.41) is 20.6. The van der Waals surface area contributed by atoms with Gasteiger partial charge in [0, 0.05) is 17.4 Å². The van der Waals surface area contributed by atoms with Gasteiger partial charge in [0.25, 0.3) is 0 Å². The van der Waals surface area contributed by atoms with Crippen LogP contribution < -0.4 is 0 Å². The third-order valence-electron chi connectivity index (χ3n) is 4.43. The van der Waals surface area contributed by atoms with Gasteiger partial charge >= 0.3 is 0 Å². The van der Waals surface area contributed by atoms with Crippen molar-refractivity contribution in [2.45, 2.75) is 31.5 Å². The number of hydrogen-bond donors (Lipinski definition) is 1. The van der Waals surface area contributed by atoms with E-state index in [4.69, 9.17) is 11.6 Å². The van der Waals surface area contributed by atoms with Gasteiger partial charge in [0.05, 0.1) is 12.1 Å². The Morgan fingerprint density at radius 3 is 2.56 bits per heavy atom. The highest BCUT2D eigenvalue weighted by Crippen LogP contribution is 2.32. The fourth-order valence-electron chi connectivity index (χ4n) is 2.62. The summed E-state index contributed by atoms with van der Waals surface area (Å²) in [6.07, 6.45) is 10.2. The Kier molecular flexibility index (Phi) is 4.74. The van der Waals surface area contributed by atoms with Crippen molar-refractivity contribution < 1.29 is 5.11 Å². The molecule has 3 rings (SSSR count). The van der Waals surface area contributed by atoms with E-state index in [1.165, 1.54) is 6.33 Å². The molecule has 0 spiro atoms. The van der Waals surface area contributed by atoms with E-state index in [9.17, 15) is 5.11 Å². The number of nitrogens with zero attached hydrogens (tertiary/aromatic N) is 5. The number of rotatable bonds is 6. The zero-order valence-electron chi connectivity index (χ0n) is 14.1. The third-order valence-corrected chi connectivity index (χ3v) is 4.68. The number of hydrogen-bond acceptors (Lipinski definition) is 4. The van der Waals surface area contributed by atoms with Crippen molar-refractivity contribution in [1.82, 2.24) is 24.5 Å². The second-order valence-electron chi connectivity index (χ2n) is 6.41. The molecule has 0 radical (unpaired) electrons. The molecule has 1 unspecified atom stereocenters. The summed E-state index contributed by atoms with van der Waals surface area (Å²) >= 11 is 5.93. The highest BCUT2D eigenvalue weighted by atomic mass is 35.5. The number of aromatic nitrogens is 5. The lowest BCUT2D eigenvalue weighted by molar-refractivity contribution is -0.0376. The average Bonchev–Trinajstić information content (AvgIpc) is 3.28. The van der Waals surface area contributed by atoms with Crippen LogP contribution in [-0.4, -0.2) is 35.3 Å². The van der Waals surface area contributed by atoms with E-state index >= 15 is 0 Å². The monoisotopic (exact) mass is 357 g/mol. The largest absolute Gasteiger partial charge is 0.381 e. The van der Waals surface area contributed by atoms with Gasteiger partial charge in [-0.15, -0.1) is 0 Å². The Morgan fingerprint density at radius 2 is 1.96 bits per heavy atom. The predicted molar refractivity (Wildman–Crippen MR) is 97.0 cm³/mol. The second-order valence-corrected chi connectivity index (χ2v) is 6.85. The molecule has 130 valence electrons. The Bertz CT molecular complexity index is 825. The van der Waals surface area contributed by atoms with Crippen LogP contribution in [0.2, 0.25) is 5.02 Å². The third kappa shape index (κ3) is 3.65. The van der Waals surface area contributed by atoms with Gasteiger partial charge < -0.3 is 5.11 Å². The molecule has 7 heteroatoms. The molecule has 25 heavy (non-hydrogen) atoms. The summed E-state index contributed by atoms with van der Waals surface area (Å²) in [6.45, 7) is 4.11. The molecular formula is C18H20ClN5O. The molecule has 2 aromatic heterocycles. The summed E-state index contributed by atoms with van der Waals surface area (Å²) in [4.78, 5) is 3.96. The smallest absolute Gasteiger partial charge is 0.137 e. The van der Waals surface area contributed by atoms with E-state index in [-0.39, 0.29) is 6.54 Å². The van der Waals surface area contributed by atoms with Gasteiger partial charge in [-0.1, -0.05) is 29.8 Å². The molecule has 2 heterocycles. The van der Waals surface area contributed by atoms with Crippen LogP contribution in [0.4, 0.5) is 0 Å². The van der Waals surface area contributed by atoms with Crippen LogP contribution in [0.1, 0.15) is 19.4 Å². The molecule has 1 N–H and O–H groups in total. The van der Waals surface area contributed by atoms with Crippen molar-refractivity contribution in [1.29, 1.82) is 0 Å². The minimum atomic E-state index is -1.26. The van der Waals surface area contributed by atoms with Crippen LogP contribution in [0.15, 0.2) is 61.5 Å². The summed E-state index contributed by atoms with van der Waals surface area (Å²) in [5.41, 5.74) is -1.03. The molecule has 0 saturated heterocycles. The van der Waals surface area contributed by atoms with Crippen molar-refractivity contribution in [3.05, 3.63) is 72.0 Å². The summed E-state index contributed by atoms with van der Waals surface area (Å²) < 4.78 is 3.35. The summed E-state index contributed by atoms with van der Waals surface area (Å²) in [6, 6.07) is 9.26. The minimum Gasteiger partial charge on any atom is -0.381 e. The maximum absolute atomic E-state index is 11.5. The molecule has 0 aliphatic heterocycles. The van der Waals surface area contributed by atoms with Crippen LogP contribution in [-0.2, 0) is 12.1 Å². The van der Waals surface area contributed by atoms with Gasteiger partial charge in [-0.25, -0.2) is 9.67 Å². The van der Waals surface area contributed by atoms with Crippen molar-refractivity contribution in [3.8, 4) is 0 Å². The number of halogens is 1. The average molecular weight is 358 g/mol. The predicted octanol–water partition coefficient (Wildman–Crippen LogP) is 3.01. The first-order valence-electron chi connectivity index (χ1n) is 7.90. The molecule has 6 nitrogen and oxygen atoms in total. The van der Waals surface area contributed by atoms with E-state index in [0.29, 0.717) is 5.02 Å². The Morgan fingerprint density at radius 1 is 1.20 bits per heavy atom. The number of aliphatic hydroxyl groups is 1. The van der Waals surface area contributed by atoms with Gasteiger partial charge in [-0.2, -0.15) is 10.2 Å². The van der Waals surface area contributed by atoms with Crippen LogP contribution in [0.5, 0.6) is 0 Å². The molecule has 0 aliphatic rings. The maximum atomic E-state index is 11.5. The first kappa shape index (κ1) is 17.4. The topological polar surface area (TPSA) is 68.8 Å². The Labute approximate surface area is 151 Å². The van der Waals surface area contributed by atoms with E-state index < -0.39 is 11.1 Å². The lowest BCUT2D eigenvalue weighted by Gasteiger charge is -2.40. The zero-order valence-corrected chi connectivity index (χ0v) is 14.9. The van der Waals surface area contributed by atoms with Gasteiger partial charge in [0.1, 0.15) is 18.3 Å². The molecular weight excluding hydrogens is 338 g/mol. The highest BCUT2D eigenvalue weighted by Gasteiger charge is 2.44. The van der Waals surface area contributed by atoms with Gasteiger partial charge in [0.2, 0.25) is 0 Å². The van der Waals surface area contributed by atoms with E-state index in [0.717, 1.165) is 5.56 Å². The summed E-state index contributed by atoms with van der Waals surface area (Å²) in [7, 11) is 0. The van der Waals surface area contributed by atoms with Crippen molar-refractivity contribution >= 4 is 17.7 Å². The summed E-state index contributed by atoms with van der Waals surface area (Å²) in [5.74, 6) is 0. The van der Waals surface area contributed by atoms with Crippen molar-refractivity contribution in [2.24, 2.45) is 0 Å².